The Balaban J connectivity index is 2.89. The van der Waals surface area contributed by atoms with Crippen molar-refractivity contribution in [3.05, 3.63) is 29.8 Å². The summed E-state index contributed by atoms with van der Waals surface area (Å²) in [5.74, 6) is 0.498. The zero-order valence-corrected chi connectivity index (χ0v) is 13.2. The first-order valence-electron chi connectivity index (χ1n) is 7.29. The van der Waals surface area contributed by atoms with E-state index < -0.39 is 9.84 Å². The van der Waals surface area contributed by atoms with Gasteiger partial charge in [-0.3, -0.25) is 0 Å². The molecule has 1 aromatic rings. The van der Waals surface area contributed by atoms with E-state index in [0.29, 0.717) is 10.8 Å². The van der Waals surface area contributed by atoms with E-state index in [1.807, 2.05) is 12.1 Å². The van der Waals surface area contributed by atoms with E-state index in [1.54, 1.807) is 6.07 Å². The van der Waals surface area contributed by atoms with Crippen LogP contribution in [0.3, 0.4) is 0 Å². The van der Waals surface area contributed by atoms with Crippen LogP contribution in [0.5, 0.6) is 0 Å². The third-order valence-corrected chi connectivity index (χ3v) is 4.66. The molecular formula is C16H26O2S. The van der Waals surface area contributed by atoms with E-state index >= 15 is 0 Å². The van der Waals surface area contributed by atoms with Crippen molar-refractivity contribution in [3.8, 4) is 0 Å². The second-order valence-corrected chi connectivity index (χ2v) is 7.34. The van der Waals surface area contributed by atoms with Gasteiger partial charge in [-0.05, 0) is 36.5 Å². The first-order valence-corrected chi connectivity index (χ1v) is 9.18. The lowest BCUT2D eigenvalue weighted by Crippen LogP contribution is -2.02. The monoisotopic (exact) mass is 282 g/mol. The first-order chi connectivity index (χ1) is 8.99. The van der Waals surface area contributed by atoms with Crippen molar-refractivity contribution in [1.82, 2.24) is 0 Å². The summed E-state index contributed by atoms with van der Waals surface area (Å²) in [5, 5.41) is 0. The summed E-state index contributed by atoms with van der Waals surface area (Å²) in [4.78, 5) is 0.446. The largest absolute Gasteiger partial charge is 0.224 e. The van der Waals surface area contributed by atoms with Crippen LogP contribution in [0.1, 0.15) is 63.9 Å². The minimum Gasteiger partial charge on any atom is -0.224 e. The molecule has 1 unspecified atom stereocenters. The van der Waals surface area contributed by atoms with E-state index in [9.17, 15) is 8.42 Å². The van der Waals surface area contributed by atoms with E-state index in [4.69, 9.17) is 0 Å². The highest BCUT2D eigenvalue weighted by Gasteiger charge is 2.13. The Labute approximate surface area is 118 Å². The fraction of sp³-hybridized carbons (Fsp3) is 0.625. The molecule has 0 radical (unpaired) electrons. The maximum atomic E-state index is 11.6. The standard InChI is InChI=1S/C16H26O2S/c1-4-6-7-10-14(9-5-2)15-11-8-12-16(13-15)19(3,17)18/h8,11-14H,4-7,9-10H2,1-3H3. The van der Waals surface area contributed by atoms with Crippen LogP contribution in [0.4, 0.5) is 0 Å². The summed E-state index contributed by atoms with van der Waals surface area (Å²) in [5.41, 5.74) is 1.18. The van der Waals surface area contributed by atoms with Crippen LogP contribution in [-0.4, -0.2) is 14.7 Å². The van der Waals surface area contributed by atoms with Gasteiger partial charge in [-0.2, -0.15) is 0 Å². The van der Waals surface area contributed by atoms with E-state index in [0.717, 1.165) is 19.3 Å². The molecule has 108 valence electrons. The molecule has 0 saturated heterocycles. The molecule has 0 bridgehead atoms. The van der Waals surface area contributed by atoms with Gasteiger partial charge in [0.05, 0.1) is 4.90 Å². The summed E-state index contributed by atoms with van der Waals surface area (Å²) in [6.07, 6.45) is 8.42. The van der Waals surface area contributed by atoms with Crippen LogP contribution < -0.4 is 0 Å². The first kappa shape index (κ1) is 16.2. The second kappa shape index (κ2) is 7.68. The lowest BCUT2D eigenvalue weighted by molar-refractivity contribution is 0.528. The highest BCUT2D eigenvalue weighted by atomic mass is 32.2. The summed E-state index contributed by atoms with van der Waals surface area (Å²) < 4.78 is 23.3. The molecule has 19 heavy (non-hydrogen) atoms. The Morgan fingerprint density at radius 2 is 1.79 bits per heavy atom. The smallest absolute Gasteiger partial charge is 0.175 e. The highest BCUT2D eigenvalue weighted by Crippen LogP contribution is 2.28. The Morgan fingerprint density at radius 3 is 2.37 bits per heavy atom. The summed E-state index contributed by atoms with van der Waals surface area (Å²) in [6.45, 7) is 4.40. The molecule has 0 aliphatic carbocycles. The predicted molar refractivity (Wildman–Crippen MR) is 81.3 cm³/mol. The molecular weight excluding hydrogens is 256 g/mol. The normalized spacial score (nSPS) is 13.4. The minimum absolute atomic E-state index is 0.446. The summed E-state index contributed by atoms with van der Waals surface area (Å²) in [6, 6.07) is 7.49. The van der Waals surface area contributed by atoms with Gasteiger partial charge in [-0.15, -0.1) is 0 Å². The SMILES string of the molecule is CCCCCC(CCC)c1cccc(S(C)(=O)=O)c1. The number of hydrogen-bond donors (Lipinski definition) is 0. The zero-order valence-electron chi connectivity index (χ0n) is 12.4. The van der Waals surface area contributed by atoms with Gasteiger partial charge in [0.2, 0.25) is 0 Å². The number of hydrogen-bond acceptors (Lipinski definition) is 2. The van der Waals surface area contributed by atoms with Crippen LogP contribution in [-0.2, 0) is 9.84 Å². The third-order valence-electron chi connectivity index (χ3n) is 3.55. The molecule has 0 aliphatic heterocycles. The molecule has 0 heterocycles. The minimum atomic E-state index is -3.10. The maximum Gasteiger partial charge on any atom is 0.175 e. The summed E-state index contributed by atoms with van der Waals surface area (Å²) >= 11 is 0. The van der Waals surface area contributed by atoms with Crippen LogP contribution in [0.25, 0.3) is 0 Å². The zero-order chi connectivity index (χ0) is 14.3. The summed E-state index contributed by atoms with van der Waals surface area (Å²) in [7, 11) is -3.10. The number of benzene rings is 1. The lowest BCUT2D eigenvalue weighted by atomic mass is 9.89. The lowest BCUT2D eigenvalue weighted by Gasteiger charge is -2.17. The fourth-order valence-corrected chi connectivity index (χ4v) is 3.14. The molecule has 1 atom stereocenters. The molecule has 3 heteroatoms. The highest BCUT2D eigenvalue weighted by molar-refractivity contribution is 7.90. The fourth-order valence-electron chi connectivity index (χ4n) is 2.47. The van der Waals surface area contributed by atoms with Gasteiger partial charge in [-0.25, -0.2) is 8.42 Å². The van der Waals surface area contributed by atoms with Crippen molar-refractivity contribution in [2.24, 2.45) is 0 Å². The van der Waals surface area contributed by atoms with E-state index in [-0.39, 0.29) is 0 Å². The molecule has 2 nitrogen and oxygen atoms in total. The van der Waals surface area contributed by atoms with Crippen molar-refractivity contribution in [2.45, 2.75) is 63.2 Å². The van der Waals surface area contributed by atoms with Crippen molar-refractivity contribution in [1.29, 1.82) is 0 Å². The Kier molecular flexibility index (Phi) is 6.56. The van der Waals surface area contributed by atoms with Crippen LogP contribution >= 0.6 is 0 Å². The molecule has 0 aromatic heterocycles. The van der Waals surface area contributed by atoms with E-state index in [2.05, 4.69) is 19.9 Å². The molecule has 1 aromatic carbocycles. The molecule has 1 rings (SSSR count). The van der Waals surface area contributed by atoms with Gasteiger partial charge in [0.1, 0.15) is 0 Å². The van der Waals surface area contributed by atoms with Crippen molar-refractivity contribution in [2.75, 3.05) is 6.26 Å². The third kappa shape index (κ3) is 5.35. The number of rotatable bonds is 8. The van der Waals surface area contributed by atoms with Gasteiger partial charge < -0.3 is 0 Å². The average Bonchev–Trinajstić information content (AvgIpc) is 2.37. The average molecular weight is 282 g/mol. The molecule has 0 fully saturated rings. The van der Waals surface area contributed by atoms with Crippen LogP contribution in [0.2, 0.25) is 0 Å². The van der Waals surface area contributed by atoms with E-state index in [1.165, 1.54) is 31.1 Å². The van der Waals surface area contributed by atoms with Crippen LogP contribution in [0.15, 0.2) is 29.2 Å². The number of sulfone groups is 1. The van der Waals surface area contributed by atoms with Crippen molar-refractivity contribution < 1.29 is 8.42 Å². The van der Waals surface area contributed by atoms with Gasteiger partial charge >= 0.3 is 0 Å². The maximum absolute atomic E-state index is 11.6. The number of unbranched alkanes of at least 4 members (excludes halogenated alkanes) is 2. The van der Waals surface area contributed by atoms with Gasteiger partial charge in [-0.1, -0.05) is 51.7 Å². The quantitative estimate of drug-likeness (QED) is 0.655. The van der Waals surface area contributed by atoms with Crippen molar-refractivity contribution >= 4 is 9.84 Å². The topological polar surface area (TPSA) is 34.1 Å². The molecule has 0 aliphatic rings. The second-order valence-electron chi connectivity index (χ2n) is 5.33. The molecule has 0 N–H and O–H groups in total. The van der Waals surface area contributed by atoms with Gasteiger partial charge in [0, 0.05) is 6.26 Å². The van der Waals surface area contributed by atoms with Crippen LogP contribution in [0, 0.1) is 0 Å². The Bertz CT molecular complexity index is 477. The Hall–Kier alpha value is -0.830. The molecule has 0 amide bonds. The Morgan fingerprint density at radius 1 is 1.05 bits per heavy atom. The molecule has 0 spiro atoms. The molecule has 0 saturated carbocycles. The van der Waals surface area contributed by atoms with Gasteiger partial charge in [0.15, 0.2) is 9.84 Å². The predicted octanol–water partition coefficient (Wildman–Crippen LogP) is 4.55. The van der Waals surface area contributed by atoms with Gasteiger partial charge in [0.25, 0.3) is 0 Å². The van der Waals surface area contributed by atoms with Crippen molar-refractivity contribution in [3.63, 3.8) is 0 Å².